The number of benzene rings is 2. The first-order valence-corrected chi connectivity index (χ1v) is 6.35. The van der Waals surface area contributed by atoms with E-state index in [4.69, 9.17) is 22.1 Å². The van der Waals surface area contributed by atoms with Crippen molar-refractivity contribution in [2.75, 3.05) is 5.73 Å². The van der Waals surface area contributed by atoms with Gasteiger partial charge >= 0.3 is 0 Å². The molecule has 2 rings (SSSR count). The van der Waals surface area contributed by atoms with Crippen molar-refractivity contribution in [2.45, 2.75) is 6.61 Å². The predicted octanol–water partition coefficient (Wildman–Crippen LogP) is 4.40. The minimum atomic E-state index is -0.375. The number of rotatable bonds is 3. The smallest absolute Gasteiger partial charge is 0.134 e. The van der Waals surface area contributed by atoms with Crippen LogP contribution in [-0.4, -0.2) is 0 Å². The van der Waals surface area contributed by atoms with Crippen LogP contribution in [0.1, 0.15) is 5.56 Å². The molecule has 2 aromatic rings. The van der Waals surface area contributed by atoms with Gasteiger partial charge in [0.25, 0.3) is 0 Å². The fourth-order valence-electron chi connectivity index (χ4n) is 1.43. The van der Waals surface area contributed by atoms with Crippen LogP contribution < -0.4 is 10.5 Å². The van der Waals surface area contributed by atoms with Crippen molar-refractivity contribution >= 4 is 33.2 Å². The van der Waals surface area contributed by atoms with Gasteiger partial charge < -0.3 is 10.5 Å². The molecular weight excluding hydrogens is 321 g/mol. The molecule has 0 spiro atoms. The van der Waals surface area contributed by atoms with E-state index in [1.54, 1.807) is 30.3 Å². The Bertz CT molecular complexity index is 525. The van der Waals surface area contributed by atoms with E-state index in [-0.39, 0.29) is 12.4 Å². The molecule has 0 atom stereocenters. The molecule has 2 N–H and O–H groups in total. The summed E-state index contributed by atoms with van der Waals surface area (Å²) in [6.07, 6.45) is 0. The highest BCUT2D eigenvalue weighted by Gasteiger charge is 2.06. The summed E-state index contributed by atoms with van der Waals surface area (Å²) in [7, 11) is 0. The van der Waals surface area contributed by atoms with E-state index in [9.17, 15) is 4.39 Å². The highest BCUT2D eigenvalue weighted by Crippen LogP contribution is 2.28. The summed E-state index contributed by atoms with van der Waals surface area (Å²) >= 11 is 9.14. The Labute approximate surface area is 118 Å². The van der Waals surface area contributed by atoms with E-state index >= 15 is 0 Å². The maximum Gasteiger partial charge on any atom is 0.134 e. The van der Waals surface area contributed by atoms with Gasteiger partial charge in [0, 0.05) is 16.3 Å². The van der Waals surface area contributed by atoms with Crippen molar-refractivity contribution in [2.24, 2.45) is 0 Å². The molecule has 0 unspecified atom stereocenters. The number of hydrogen-bond acceptors (Lipinski definition) is 2. The molecule has 0 aliphatic rings. The Kier molecular flexibility index (Phi) is 4.09. The third-order valence-corrected chi connectivity index (χ3v) is 3.21. The van der Waals surface area contributed by atoms with Gasteiger partial charge in [0.15, 0.2) is 0 Å². The minimum absolute atomic E-state index is 0.131. The van der Waals surface area contributed by atoms with Crippen LogP contribution in [-0.2, 0) is 6.61 Å². The normalized spacial score (nSPS) is 10.4. The lowest BCUT2D eigenvalue weighted by Crippen LogP contribution is -2.00. The Morgan fingerprint density at radius 1 is 1.22 bits per heavy atom. The van der Waals surface area contributed by atoms with Gasteiger partial charge in [-0.05, 0) is 46.3 Å². The van der Waals surface area contributed by atoms with Gasteiger partial charge in [-0.3, -0.25) is 0 Å². The SMILES string of the molecule is Nc1ccc(COc2ccc(Cl)cc2Br)c(F)c1. The second-order valence-corrected chi connectivity index (χ2v) is 5.01. The van der Waals surface area contributed by atoms with Crippen LogP contribution in [0.4, 0.5) is 10.1 Å². The zero-order valence-corrected chi connectivity index (χ0v) is 11.6. The van der Waals surface area contributed by atoms with E-state index < -0.39 is 0 Å². The molecule has 0 bridgehead atoms. The Balaban J connectivity index is 2.11. The molecule has 0 aliphatic carbocycles. The van der Waals surface area contributed by atoms with Crippen molar-refractivity contribution in [3.63, 3.8) is 0 Å². The zero-order valence-electron chi connectivity index (χ0n) is 9.29. The first-order chi connectivity index (χ1) is 8.56. The molecule has 94 valence electrons. The molecule has 0 amide bonds. The third-order valence-electron chi connectivity index (χ3n) is 2.35. The Hall–Kier alpha value is -1.26. The van der Waals surface area contributed by atoms with Gasteiger partial charge in [-0.2, -0.15) is 0 Å². The lowest BCUT2D eigenvalue weighted by Gasteiger charge is -2.09. The summed E-state index contributed by atoms with van der Waals surface area (Å²) in [5, 5.41) is 0.605. The monoisotopic (exact) mass is 329 g/mol. The predicted molar refractivity (Wildman–Crippen MR) is 74.3 cm³/mol. The molecule has 0 fully saturated rings. The third kappa shape index (κ3) is 3.15. The lowest BCUT2D eigenvalue weighted by molar-refractivity contribution is 0.298. The fraction of sp³-hybridized carbons (Fsp3) is 0.0769. The van der Waals surface area contributed by atoms with Crippen molar-refractivity contribution < 1.29 is 9.13 Å². The van der Waals surface area contributed by atoms with Crippen molar-refractivity contribution in [3.8, 4) is 5.75 Å². The summed E-state index contributed by atoms with van der Waals surface area (Å²) in [6.45, 7) is 0.131. The molecular formula is C13H10BrClFNO. The van der Waals surface area contributed by atoms with Gasteiger partial charge in [-0.1, -0.05) is 17.7 Å². The van der Waals surface area contributed by atoms with Crippen molar-refractivity contribution in [1.82, 2.24) is 0 Å². The number of nitrogen functional groups attached to an aromatic ring is 1. The summed E-state index contributed by atoms with van der Waals surface area (Å²) in [6, 6.07) is 9.67. The number of anilines is 1. The summed E-state index contributed by atoms with van der Waals surface area (Å²) in [5.74, 6) is 0.232. The zero-order chi connectivity index (χ0) is 13.1. The van der Waals surface area contributed by atoms with Crippen molar-refractivity contribution in [3.05, 3.63) is 57.3 Å². The summed E-state index contributed by atoms with van der Waals surface area (Å²) < 4.78 is 19.8. The van der Waals surface area contributed by atoms with E-state index in [0.29, 0.717) is 22.0 Å². The van der Waals surface area contributed by atoms with E-state index in [1.807, 2.05) is 0 Å². The molecule has 2 nitrogen and oxygen atoms in total. The molecule has 18 heavy (non-hydrogen) atoms. The first kappa shape index (κ1) is 13.2. The quantitative estimate of drug-likeness (QED) is 0.846. The molecule has 0 aromatic heterocycles. The van der Waals surface area contributed by atoms with E-state index in [2.05, 4.69) is 15.9 Å². The van der Waals surface area contributed by atoms with E-state index in [0.717, 1.165) is 4.47 Å². The summed E-state index contributed by atoms with van der Waals surface area (Å²) in [5.41, 5.74) is 6.32. The van der Waals surface area contributed by atoms with Gasteiger partial charge in [0.05, 0.1) is 4.47 Å². The molecule has 2 aromatic carbocycles. The van der Waals surface area contributed by atoms with E-state index in [1.165, 1.54) is 6.07 Å². The number of ether oxygens (including phenoxy) is 1. The second-order valence-electron chi connectivity index (χ2n) is 3.71. The fourth-order valence-corrected chi connectivity index (χ4v) is 2.23. The lowest BCUT2D eigenvalue weighted by atomic mass is 10.2. The van der Waals surface area contributed by atoms with Crippen LogP contribution in [0.3, 0.4) is 0 Å². The van der Waals surface area contributed by atoms with Gasteiger partial charge in [0.1, 0.15) is 18.2 Å². The number of halogens is 3. The second kappa shape index (κ2) is 5.59. The van der Waals surface area contributed by atoms with Crippen LogP contribution in [0.25, 0.3) is 0 Å². The maximum atomic E-state index is 13.5. The number of hydrogen-bond donors (Lipinski definition) is 1. The molecule has 0 saturated carbocycles. The first-order valence-electron chi connectivity index (χ1n) is 5.18. The van der Waals surface area contributed by atoms with Crippen LogP contribution >= 0.6 is 27.5 Å². The molecule has 0 aliphatic heterocycles. The molecule has 5 heteroatoms. The highest BCUT2D eigenvalue weighted by molar-refractivity contribution is 9.10. The van der Waals surface area contributed by atoms with Crippen LogP contribution in [0.5, 0.6) is 5.75 Å². The van der Waals surface area contributed by atoms with Crippen LogP contribution in [0.15, 0.2) is 40.9 Å². The van der Waals surface area contributed by atoms with Crippen LogP contribution in [0.2, 0.25) is 5.02 Å². The minimum Gasteiger partial charge on any atom is -0.488 e. The average molecular weight is 331 g/mol. The summed E-state index contributed by atoms with van der Waals surface area (Å²) in [4.78, 5) is 0. The van der Waals surface area contributed by atoms with Crippen molar-refractivity contribution in [1.29, 1.82) is 0 Å². The Morgan fingerprint density at radius 2 is 2.00 bits per heavy atom. The van der Waals surface area contributed by atoms with Gasteiger partial charge in [-0.25, -0.2) is 4.39 Å². The average Bonchev–Trinajstić information content (AvgIpc) is 2.30. The number of nitrogens with two attached hydrogens (primary N) is 1. The van der Waals surface area contributed by atoms with Gasteiger partial charge in [-0.15, -0.1) is 0 Å². The highest BCUT2D eigenvalue weighted by atomic mass is 79.9. The molecule has 0 heterocycles. The molecule has 0 radical (unpaired) electrons. The largest absolute Gasteiger partial charge is 0.488 e. The standard InChI is InChI=1S/C13H10BrClFNO/c14-11-5-9(15)2-4-13(11)18-7-8-1-3-10(17)6-12(8)16/h1-6H,7,17H2. The van der Waals surface area contributed by atoms with Crippen LogP contribution in [0, 0.1) is 5.82 Å². The molecule has 0 saturated heterocycles. The maximum absolute atomic E-state index is 13.5. The Morgan fingerprint density at radius 3 is 2.67 bits per heavy atom. The van der Waals surface area contributed by atoms with Gasteiger partial charge in [0.2, 0.25) is 0 Å². The topological polar surface area (TPSA) is 35.2 Å².